The molecule has 2 amide bonds. The van der Waals surface area contributed by atoms with Crippen LogP contribution in [0.5, 0.6) is 11.5 Å². The van der Waals surface area contributed by atoms with E-state index in [1.807, 2.05) is 20.8 Å². The highest BCUT2D eigenvalue weighted by Gasteiger charge is 2.27. The van der Waals surface area contributed by atoms with Crippen LogP contribution in [0, 0.1) is 17.7 Å². The van der Waals surface area contributed by atoms with E-state index in [-0.39, 0.29) is 29.4 Å². The monoisotopic (exact) mass is 570 g/mol. The van der Waals surface area contributed by atoms with Gasteiger partial charge in [0.05, 0.1) is 11.8 Å². The third-order valence-corrected chi connectivity index (χ3v) is 8.15. The molecule has 0 atom stereocenters. The lowest BCUT2D eigenvalue weighted by atomic mass is 9.86. The molecule has 1 aromatic heterocycles. The van der Waals surface area contributed by atoms with Gasteiger partial charge in [0.1, 0.15) is 24.0 Å². The van der Waals surface area contributed by atoms with Crippen molar-refractivity contribution in [1.29, 1.82) is 0 Å². The maximum absolute atomic E-state index is 14.1. The van der Waals surface area contributed by atoms with Crippen LogP contribution in [0.3, 0.4) is 0 Å². The summed E-state index contributed by atoms with van der Waals surface area (Å²) in [5, 5.41) is 3.42. The van der Waals surface area contributed by atoms with Crippen molar-refractivity contribution in [3.05, 3.63) is 42.1 Å². The first kappa shape index (κ1) is 30.5. The van der Waals surface area contributed by atoms with Crippen molar-refractivity contribution < 1.29 is 23.5 Å². The van der Waals surface area contributed by atoms with Crippen LogP contribution in [0.15, 0.2) is 30.7 Å². The standard InChI is InChI=1S/C30H43FN6O4/c1-4-37(20(2)3)29(38)25-15-23(31)7-10-26(25)41-27-17-33-19-35-28(27)34-16-21-11-13-36(14-12-21)18-22-5-8-24(9-6-22)40-30(32)39/h7,10,15,17,19-22,24H,4-6,8-9,11-14,16,18H2,1-3H3,(H2,32,39)(H,33,34,35)/t22-,24-. The Hall–Kier alpha value is -3.47. The van der Waals surface area contributed by atoms with Crippen molar-refractivity contribution in [2.24, 2.45) is 17.6 Å². The normalized spacial score (nSPS) is 20.0. The van der Waals surface area contributed by atoms with E-state index in [1.165, 1.54) is 24.5 Å². The van der Waals surface area contributed by atoms with Crippen molar-refractivity contribution >= 4 is 17.8 Å². The maximum atomic E-state index is 14.1. The van der Waals surface area contributed by atoms with Gasteiger partial charge in [0.15, 0.2) is 11.6 Å². The zero-order chi connectivity index (χ0) is 29.4. The second kappa shape index (κ2) is 14.4. The van der Waals surface area contributed by atoms with E-state index < -0.39 is 11.9 Å². The Morgan fingerprint density at radius 1 is 1.12 bits per heavy atom. The van der Waals surface area contributed by atoms with E-state index in [1.54, 1.807) is 11.1 Å². The highest BCUT2D eigenvalue weighted by molar-refractivity contribution is 5.97. The molecular weight excluding hydrogens is 527 g/mol. The van der Waals surface area contributed by atoms with Gasteiger partial charge in [-0.2, -0.15) is 0 Å². The van der Waals surface area contributed by atoms with Crippen molar-refractivity contribution in [1.82, 2.24) is 19.8 Å². The molecule has 0 spiro atoms. The molecule has 41 heavy (non-hydrogen) atoms. The van der Waals surface area contributed by atoms with Gasteiger partial charge in [-0.1, -0.05) is 0 Å². The number of primary amides is 1. The first-order chi connectivity index (χ1) is 19.7. The highest BCUT2D eigenvalue weighted by atomic mass is 19.1. The number of ether oxygens (including phenoxy) is 2. The minimum Gasteiger partial charge on any atom is -0.451 e. The highest BCUT2D eigenvalue weighted by Crippen LogP contribution is 2.32. The summed E-state index contributed by atoms with van der Waals surface area (Å²) in [5.74, 6) is 1.51. The van der Waals surface area contributed by atoms with Crippen LogP contribution in [0.1, 0.15) is 69.7 Å². The molecule has 0 bridgehead atoms. The van der Waals surface area contributed by atoms with Crippen LogP contribution >= 0.6 is 0 Å². The fourth-order valence-electron chi connectivity index (χ4n) is 5.87. The van der Waals surface area contributed by atoms with Crippen LogP contribution in [0.2, 0.25) is 0 Å². The minimum absolute atomic E-state index is 0.0302. The third-order valence-electron chi connectivity index (χ3n) is 8.15. The van der Waals surface area contributed by atoms with Gasteiger partial charge in [-0.05, 0) is 102 Å². The Bertz CT molecular complexity index is 1170. The van der Waals surface area contributed by atoms with Crippen LogP contribution in [-0.2, 0) is 4.74 Å². The molecule has 11 heteroatoms. The number of hydrogen-bond donors (Lipinski definition) is 2. The minimum atomic E-state index is -0.676. The number of carbonyl (C=O) groups is 2. The van der Waals surface area contributed by atoms with Gasteiger partial charge in [0, 0.05) is 25.7 Å². The molecule has 0 unspecified atom stereocenters. The number of nitrogens with two attached hydrogens (primary N) is 1. The van der Waals surface area contributed by atoms with Gasteiger partial charge < -0.3 is 30.3 Å². The summed E-state index contributed by atoms with van der Waals surface area (Å²) in [6.07, 6.45) is 8.35. The van der Waals surface area contributed by atoms with Crippen LogP contribution in [0.25, 0.3) is 0 Å². The molecule has 0 radical (unpaired) electrons. The summed E-state index contributed by atoms with van der Waals surface area (Å²) in [6.45, 7) is 10.1. The van der Waals surface area contributed by atoms with Crippen molar-refractivity contribution in [3.8, 4) is 11.5 Å². The summed E-state index contributed by atoms with van der Waals surface area (Å²) in [7, 11) is 0. The number of halogens is 1. The summed E-state index contributed by atoms with van der Waals surface area (Å²) < 4.78 is 25.4. The number of nitrogens with zero attached hydrogens (tertiary/aromatic N) is 4. The van der Waals surface area contributed by atoms with Gasteiger partial charge in [-0.3, -0.25) is 4.79 Å². The number of hydrogen-bond acceptors (Lipinski definition) is 8. The van der Waals surface area contributed by atoms with Crippen LogP contribution < -0.4 is 15.8 Å². The fourth-order valence-corrected chi connectivity index (χ4v) is 5.87. The average Bonchev–Trinajstić information content (AvgIpc) is 2.95. The van der Waals surface area contributed by atoms with E-state index in [9.17, 15) is 14.0 Å². The summed E-state index contributed by atoms with van der Waals surface area (Å²) >= 11 is 0. The van der Waals surface area contributed by atoms with Crippen molar-refractivity contribution in [2.45, 2.75) is 71.4 Å². The zero-order valence-electron chi connectivity index (χ0n) is 24.4. The SMILES string of the molecule is CCN(C(=O)c1cc(F)ccc1Oc1cncnc1NCC1CCN(C[C@H]2CC[C@H](OC(N)=O)CC2)CC1)C(C)C. The quantitative estimate of drug-likeness (QED) is 0.385. The molecule has 3 N–H and O–H groups in total. The van der Waals surface area contributed by atoms with E-state index in [0.717, 1.165) is 64.7 Å². The molecule has 2 fully saturated rings. The first-order valence-electron chi connectivity index (χ1n) is 14.7. The largest absolute Gasteiger partial charge is 0.451 e. The molecule has 1 saturated carbocycles. The number of likely N-dealkylation sites (tertiary alicyclic amines) is 1. The van der Waals surface area contributed by atoms with E-state index in [4.69, 9.17) is 15.2 Å². The lowest BCUT2D eigenvalue weighted by Gasteiger charge is -2.36. The van der Waals surface area contributed by atoms with E-state index in [0.29, 0.717) is 29.9 Å². The Balaban J connectivity index is 1.30. The van der Waals surface area contributed by atoms with Crippen molar-refractivity contribution in [2.75, 3.05) is 38.0 Å². The molecule has 1 aliphatic carbocycles. The first-order valence-corrected chi connectivity index (χ1v) is 14.7. The second-order valence-corrected chi connectivity index (χ2v) is 11.4. The number of aromatic nitrogens is 2. The van der Waals surface area contributed by atoms with Crippen LogP contribution in [-0.4, -0.2) is 76.6 Å². The Kier molecular flexibility index (Phi) is 10.7. The molecule has 2 aliphatic rings. The van der Waals surface area contributed by atoms with Gasteiger partial charge in [0.2, 0.25) is 0 Å². The maximum Gasteiger partial charge on any atom is 0.404 e. The average molecular weight is 571 g/mol. The lowest BCUT2D eigenvalue weighted by molar-refractivity contribution is 0.0605. The molecule has 4 rings (SSSR count). The molecule has 2 aromatic rings. The van der Waals surface area contributed by atoms with Gasteiger partial charge in [-0.25, -0.2) is 19.2 Å². The van der Waals surface area contributed by atoms with E-state index in [2.05, 4.69) is 20.2 Å². The molecule has 10 nitrogen and oxygen atoms in total. The van der Waals surface area contributed by atoms with Crippen LogP contribution in [0.4, 0.5) is 15.0 Å². The van der Waals surface area contributed by atoms with E-state index >= 15 is 0 Å². The number of piperidine rings is 1. The Labute approximate surface area is 241 Å². The summed E-state index contributed by atoms with van der Waals surface area (Å²) in [4.78, 5) is 36.9. The lowest BCUT2D eigenvalue weighted by Crippen LogP contribution is -2.40. The molecule has 224 valence electrons. The Morgan fingerprint density at radius 2 is 1.85 bits per heavy atom. The topological polar surface area (TPSA) is 123 Å². The summed E-state index contributed by atoms with van der Waals surface area (Å²) in [5.41, 5.74) is 5.32. The number of carbonyl (C=O) groups excluding carboxylic acids is 2. The number of benzene rings is 1. The van der Waals surface area contributed by atoms with Gasteiger partial charge >= 0.3 is 6.09 Å². The molecule has 1 aromatic carbocycles. The predicted octanol–water partition coefficient (Wildman–Crippen LogP) is 5.06. The number of nitrogens with one attached hydrogen (secondary N) is 1. The third kappa shape index (κ3) is 8.51. The fraction of sp³-hybridized carbons (Fsp3) is 0.600. The zero-order valence-corrected chi connectivity index (χ0v) is 24.4. The summed E-state index contributed by atoms with van der Waals surface area (Å²) in [6, 6.07) is 3.93. The molecule has 1 aliphatic heterocycles. The van der Waals surface area contributed by atoms with Gasteiger partial charge in [0.25, 0.3) is 5.91 Å². The number of rotatable bonds is 11. The smallest absolute Gasteiger partial charge is 0.404 e. The second-order valence-electron chi connectivity index (χ2n) is 11.4. The van der Waals surface area contributed by atoms with Gasteiger partial charge in [-0.15, -0.1) is 0 Å². The molecule has 2 heterocycles. The van der Waals surface area contributed by atoms with Crippen molar-refractivity contribution in [3.63, 3.8) is 0 Å². The number of amides is 2. The Morgan fingerprint density at radius 3 is 2.51 bits per heavy atom. The molecular formula is C30H43FN6O4. The predicted molar refractivity (Wildman–Crippen MR) is 154 cm³/mol. The number of anilines is 1. The molecule has 1 saturated heterocycles.